The van der Waals surface area contributed by atoms with Gasteiger partial charge in [0.25, 0.3) is 0 Å². The summed E-state index contributed by atoms with van der Waals surface area (Å²) >= 11 is 0. The van der Waals surface area contributed by atoms with Crippen LogP contribution in [0.25, 0.3) is 0 Å². The van der Waals surface area contributed by atoms with Crippen molar-refractivity contribution >= 4 is 5.69 Å². The van der Waals surface area contributed by atoms with Crippen LogP contribution in [-0.4, -0.2) is 26.4 Å². The molecule has 0 aromatic heterocycles. The lowest BCUT2D eigenvalue weighted by Gasteiger charge is -2.12. The predicted molar refractivity (Wildman–Crippen MR) is 60.5 cm³/mol. The van der Waals surface area contributed by atoms with Crippen LogP contribution in [0.4, 0.5) is 5.69 Å². The van der Waals surface area contributed by atoms with E-state index in [-0.39, 0.29) is 0 Å². The molecule has 0 amide bonds. The molecule has 1 N–H and O–H groups in total. The van der Waals surface area contributed by atoms with Crippen molar-refractivity contribution in [2.75, 3.05) is 25.6 Å². The number of rotatable bonds is 4. The summed E-state index contributed by atoms with van der Waals surface area (Å²) < 4.78 is 10.6. The highest BCUT2D eigenvalue weighted by Gasteiger charge is 2.14. The molecule has 3 heteroatoms. The molecule has 1 aliphatic heterocycles. The van der Waals surface area contributed by atoms with E-state index in [0.717, 1.165) is 24.6 Å². The van der Waals surface area contributed by atoms with Crippen LogP contribution >= 0.6 is 0 Å². The van der Waals surface area contributed by atoms with Gasteiger partial charge >= 0.3 is 0 Å². The lowest BCUT2D eigenvalue weighted by Crippen LogP contribution is -2.18. The summed E-state index contributed by atoms with van der Waals surface area (Å²) in [5.41, 5.74) is 1.12. The molecule has 0 radical (unpaired) electrons. The fourth-order valence-electron chi connectivity index (χ4n) is 1.75. The zero-order valence-corrected chi connectivity index (χ0v) is 9.03. The number of nitrogens with one attached hydrogen (secondary N) is 1. The molecule has 15 heavy (non-hydrogen) atoms. The zero-order valence-electron chi connectivity index (χ0n) is 9.03. The van der Waals surface area contributed by atoms with Gasteiger partial charge < -0.3 is 14.8 Å². The molecule has 1 aromatic rings. The molecule has 1 heterocycles. The fraction of sp³-hybridized carbons (Fsp3) is 0.500. The average Bonchev–Trinajstić information content (AvgIpc) is 2.80. The van der Waals surface area contributed by atoms with E-state index in [4.69, 9.17) is 9.47 Å². The fourth-order valence-corrected chi connectivity index (χ4v) is 1.75. The van der Waals surface area contributed by atoms with Gasteiger partial charge in [0.1, 0.15) is 5.75 Å². The summed E-state index contributed by atoms with van der Waals surface area (Å²) in [6.07, 6.45) is 2.74. The Bertz CT molecular complexity index is 291. The van der Waals surface area contributed by atoms with Crippen LogP contribution in [-0.2, 0) is 4.74 Å². The molecule has 0 bridgehead atoms. The van der Waals surface area contributed by atoms with Crippen LogP contribution in [0.1, 0.15) is 12.8 Å². The summed E-state index contributed by atoms with van der Waals surface area (Å²) in [7, 11) is 1.68. The van der Waals surface area contributed by atoms with Gasteiger partial charge in [0.2, 0.25) is 0 Å². The topological polar surface area (TPSA) is 30.5 Å². The molecular formula is C12H17NO2. The minimum Gasteiger partial charge on any atom is -0.497 e. The van der Waals surface area contributed by atoms with Crippen molar-refractivity contribution in [3.63, 3.8) is 0 Å². The summed E-state index contributed by atoms with van der Waals surface area (Å²) in [4.78, 5) is 0. The van der Waals surface area contributed by atoms with Crippen LogP contribution < -0.4 is 10.1 Å². The molecular weight excluding hydrogens is 190 g/mol. The lowest BCUT2D eigenvalue weighted by molar-refractivity contribution is 0.120. The number of benzene rings is 1. The van der Waals surface area contributed by atoms with Crippen molar-refractivity contribution in [2.45, 2.75) is 18.9 Å². The Hall–Kier alpha value is -1.22. The molecule has 2 rings (SSSR count). The van der Waals surface area contributed by atoms with E-state index in [1.807, 2.05) is 24.3 Å². The molecule has 82 valence electrons. The minimum absolute atomic E-state index is 0.382. The molecule has 0 spiro atoms. The van der Waals surface area contributed by atoms with Crippen molar-refractivity contribution in [1.29, 1.82) is 0 Å². The lowest BCUT2D eigenvalue weighted by atomic mass is 10.2. The van der Waals surface area contributed by atoms with Crippen LogP contribution in [0.5, 0.6) is 5.75 Å². The smallest absolute Gasteiger partial charge is 0.119 e. The highest BCUT2D eigenvalue weighted by atomic mass is 16.5. The number of methoxy groups -OCH3 is 1. The molecule has 1 saturated heterocycles. The number of hydrogen-bond acceptors (Lipinski definition) is 3. The third-order valence-corrected chi connectivity index (χ3v) is 2.65. The molecule has 0 aliphatic carbocycles. The van der Waals surface area contributed by atoms with Gasteiger partial charge in [-0.05, 0) is 37.1 Å². The Morgan fingerprint density at radius 2 is 2.20 bits per heavy atom. The second kappa shape index (κ2) is 5.03. The van der Waals surface area contributed by atoms with Gasteiger partial charge in [0, 0.05) is 18.8 Å². The summed E-state index contributed by atoms with van der Waals surface area (Å²) in [6.45, 7) is 1.81. The normalized spacial score (nSPS) is 20.2. The van der Waals surface area contributed by atoms with Gasteiger partial charge in [0.15, 0.2) is 0 Å². The third kappa shape index (κ3) is 2.86. The van der Waals surface area contributed by atoms with Crippen LogP contribution in [0, 0.1) is 0 Å². The third-order valence-electron chi connectivity index (χ3n) is 2.65. The first-order valence-electron chi connectivity index (χ1n) is 5.38. The maximum absolute atomic E-state index is 5.53. The number of ether oxygens (including phenoxy) is 2. The van der Waals surface area contributed by atoms with E-state index in [2.05, 4.69) is 5.32 Å². The van der Waals surface area contributed by atoms with E-state index in [1.165, 1.54) is 12.8 Å². The largest absolute Gasteiger partial charge is 0.497 e. The van der Waals surface area contributed by atoms with Gasteiger partial charge in [-0.15, -0.1) is 0 Å². The van der Waals surface area contributed by atoms with E-state index in [1.54, 1.807) is 7.11 Å². The Morgan fingerprint density at radius 1 is 1.40 bits per heavy atom. The highest BCUT2D eigenvalue weighted by Crippen LogP contribution is 2.17. The van der Waals surface area contributed by atoms with Crippen molar-refractivity contribution < 1.29 is 9.47 Å². The van der Waals surface area contributed by atoms with Crippen molar-refractivity contribution in [1.82, 2.24) is 0 Å². The first-order chi connectivity index (χ1) is 7.38. The Balaban J connectivity index is 1.82. The zero-order chi connectivity index (χ0) is 10.5. The molecule has 0 saturated carbocycles. The molecule has 1 fully saturated rings. The highest BCUT2D eigenvalue weighted by molar-refractivity contribution is 5.46. The van der Waals surface area contributed by atoms with Crippen LogP contribution in [0.2, 0.25) is 0 Å². The van der Waals surface area contributed by atoms with Gasteiger partial charge in [-0.25, -0.2) is 0 Å². The standard InChI is InChI=1S/C12H17NO2/c1-14-11-6-4-10(5-7-11)13-9-12-3-2-8-15-12/h4-7,12-13H,2-3,8-9H2,1H3/t12-/m0/s1. The predicted octanol–water partition coefficient (Wildman–Crippen LogP) is 2.29. The molecule has 1 atom stereocenters. The average molecular weight is 207 g/mol. The van der Waals surface area contributed by atoms with Crippen molar-refractivity contribution in [3.05, 3.63) is 24.3 Å². The van der Waals surface area contributed by atoms with Gasteiger partial charge in [-0.3, -0.25) is 0 Å². The van der Waals surface area contributed by atoms with Gasteiger partial charge in [-0.2, -0.15) is 0 Å². The number of anilines is 1. The molecule has 1 aliphatic rings. The van der Waals surface area contributed by atoms with E-state index < -0.39 is 0 Å². The second-order valence-corrected chi connectivity index (χ2v) is 3.74. The Kier molecular flexibility index (Phi) is 3.45. The summed E-state index contributed by atoms with van der Waals surface area (Å²) in [5, 5.41) is 3.36. The van der Waals surface area contributed by atoms with Crippen LogP contribution in [0.15, 0.2) is 24.3 Å². The maximum Gasteiger partial charge on any atom is 0.119 e. The Labute approximate surface area is 90.4 Å². The van der Waals surface area contributed by atoms with Crippen molar-refractivity contribution in [2.24, 2.45) is 0 Å². The first-order valence-corrected chi connectivity index (χ1v) is 5.38. The van der Waals surface area contributed by atoms with Crippen molar-refractivity contribution in [3.8, 4) is 5.75 Å². The summed E-state index contributed by atoms with van der Waals surface area (Å²) in [6, 6.07) is 7.96. The van der Waals surface area contributed by atoms with E-state index in [9.17, 15) is 0 Å². The second-order valence-electron chi connectivity index (χ2n) is 3.74. The molecule has 3 nitrogen and oxygen atoms in total. The minimum atomic E-state index is 0.382. The van der Waals surface area contributed by atoms with Crippen LogP contribution in [0.3, 0.4) is 0 Å². The maximum atomic E-state index is 5.53. The molecule has 1 aromatic carbocycles. The van der Waals surface area contributed by atoms with E-state index >= 15 is 0 Å². The quantitative estimate of drug-likeness (QED) is 0.821. The van der Waals surface area contributed by atoms with Gasteiger partial charge in [-0.1, -0.05) is 0 Å². The SMILES string of the molecule is COc1ccc(NC[C@@H]2CCCO2)cc1. The Morgan fingerprint density at radius 3 is 2.80 bits per heavy atom. The van der Waals surface area contributed by atoms with Gasteiger partial charge in [0.05, 0.1) is 13.2 Å². The van der Waals surface area contributed by atoms with E-state index in [0.29, 0.717) is 6.10 Å². The summed E-state index contributed by atoms with van der Waals surface area (Å²) in [5.74, 6) is 0.887. The number of hydrogen-bond donors (Lipinski definition) is 1. The first kappa shape index (κ1) is 10.3. The molecule has 0 unspecified atom stereocenters. The monoisotopic (exact) mass is 207 g/mol.